The Balaban J connectivity index is 2.01. The second-order valence-corrected chi connectivity index (χ2v) is 4.80. The van der Waals surface area contributed by atoms with Crippen molar-refractivity contribution in [3.05, 3.63) is 41.7 Å². The summed E-state index contributed by atoms with van der Waals surface area (Å²) in [6.45, 7) is -1.83. The lowest BCUT2D eigenvalue weighted by molar-refractivity contribution is -0.141. The zero-order valence-electron chi connectivity index (χ0n) is 12.3. The number of anilines is 1. The minimum absolute atomic E-state index is 0.0672. The van der Waals surface area contributed by atoms with Crippen molar-refractivity contribution in [2.75, 3.05) is 5.32 Å². The van der Waals surface area contributed by atoms with Gasteiger partial charge in [-0.25, -0.2) is 0 Å². The maximum absolute atomic E-state index is 12.4. The lowest BCUT2D eigenvalue weighted by atomic mass is 10.2. The molecule has 24 heavy (non-hydrogen) atoms. The number of nitrogens with zero attached hydrogens (tertiary/aromatic N) is 2. The highest BCUT2D eigenvalue weighted by molar-refractivity contribution is 5.91. The van der Waals surface area contributed by atoms with Crippen LogP contribution in [0.4, 0.5) is 27.6 Å². The van der Waals surface area contributed by atoms with Crippen LogP contribution in [0.25, 0.3) is 0 Å². The predicted molar refractivity (Wildman–Crippen MR) is 73.7 cm³/mol. The predicted octanol–water partition coefficient (Wildman–Crippen LogP) is 3.45. The van der Waals surface area contributed by atoms with Crippen LogP contribution in [-0.4, -0.2) is 22.3 Å². The molecule has 1 heterocycles. The fraction of sp³-hybridized carbons (Fsp3) is 0.286. The van der Waals surface area contributed by atoms with Crippen LogP contribution in [0.2, 0.25) is 0 Å². The van der Waals surface area contributed by atoms with E-state index in [1.54, 1.807) is 6.92 Å². The van der Waals surface area contributed by atoms with Gasteiger partial charge in [-0.15, -0.1) is 0 Å². The first-order valence-electron chi connectivity index (χ1n) is 6.61. The zero-order chi connectivity index (χ0) is 17.9. The average Bonchev–Trinajstić information content (AvgIpc) is 2.89. The molecule has 130 valence electrons. The second kappa shape index (κ2) is 6.85. The molecule has 2 rings (SSSR count). The van der Waals surface area contributed by atoms with Crippen LogP contribution >= 0.6 is 0 Å². The van der Waals surface area contributed by atoms with Gasteiger partial charge >= 0.3 is 12.8 Å². The van der Waals surface area contributed by atoms with Crippen molar-refractivity contribution in [1.82, 2.24) is 9.78 Å². The smallest absolute Gasteiger partial charge is 0.435 e. The number of alkyl halides is 5. The zero-order valence-corrected chi connectivity index (χ0v) is 12.3. The van der Waals surface area contributed by atoms with E-state index in [2.05, 4.69) is 15.2 Å². The molecule has 0 aliphatic rings. The van der Waals surface area contributed by atoms with Gasteiger partial charge in [0.2, 0.25) is 5.91 Å². The molecule has 1 amide bonds. The third-order valence-corrected chi connectivity index (χ3v) is 2.93. The van der Waals surface area contributed by atoms with Gasteiger partial charge in [-0.05, 0) is 36.8 Å². The first-order chi connectivity index (χ1) is 11.1. The summed E-state index contributed by atoms with van der Waals surface area (Å²) in [4.78, 5) is 11.9. The van der Waals surface area contributed by atoms with Crippen molar-refractivity contribution >= 4 is 11.6 Å². The van der Waals surface area contributed by atoms with Crippen molar-refractivity contribution in [3.8, 4) is 5.75 Å². The number of aromatic nitrogens is 2. The van der Waals surface area contributed by atoms with Crippen LogP contribution in [0.15, 0.2) is 30.5 Å². The van der Waals surface area contributed by atoms with Crippen molar-refractivity contribution in [3.63, 3.8) is 0 Å². The number of hydrogen-bond donors (Lipinski definition) is 1. The summed E-state index contributed by atoms with van der Waals surface area (Å²) < 4.78 is 66.6. The lowest BCUT2D eigenvalue weighted by Crippen LogP contribution is -2.20. The Hall–Kier alpha value is -2.65. The van der Waals surface area contributed by atoms with Gasteiger partial charge in [0.25, 0.3) is 0 Å². The number of amides is 1. The van der Waals surface area contributed by atoms with Gasteiger partial charge in [0.1, 0.15) is 12.3 Å². The van der Waals surface area contributed by atoms with Gasteiger partial charge in [0.15, 0.2) is 5.69 Å². The monoisotopic (exact) mass is 349 g/mol. The molecule has 1 aromatic carbocycles. The standard InChI is InChI=1S/C14H12F5N3O2/c1-8-6-9(24-13(15)16)2-3-10(8)20-12(23)7-22-5-4-11(21-22)14(17,18)19/h2-6,13H,7H2,1H3,(H,20,23). The normalized spacial score (nSPS) is 11.6. The molecule has 0 aliphatic heterocycles. The minimum atomic E-state index is -4.58. The second-order valence-electron chi connectivity index (χ2n) is 4.80. The average molecular weight is 349 g/mol. The number of hydrogen-bond acceptors (Lipinski definition) is 3. The maximum Gasteiger partial charge on any atom is 0.435 e. The molecule has 5 nitrogen and oxygen atoms in total. The Morgan fingerprint density at radius 2 is 2.04 bits per heavy atom. The molecule has 0 unspecified atom stereocenters. The molecule has 0 aliphatic carbocycles. The number of ether oxygens (including phenoxy) is 1. The quantitative estimate of drug-likeness (QED) is 0.842. The van der Waals surface area contributed by atoms with Crippen LogP contribution < -0.4 is 10.1 Å². The molecule has 0 spiro atoms. The van der Waals surface area contributed by atoms with Crippen LogP contribution in [0, 0.1) is 6.92 Å². The van der Waals surface area contributed by atoms with E-state index in [-0.39, 0.29) is 5.75 Å². The van der Waals surface area contributed by atoms with Gasteiger partial charge in [-0.2, -0.15) is 27.1 Å². The molecule has 0 saturated carbocycles. The van der Waals surface area contributed by atoms with Crippen molar-refractivity contribution in [2.45, 2.75) is 26.3 Å². The van der Waals surface area contributed by atoms with Gasteiger partial charge < -0.3 is 10.1 Å². The summed E-state index contributed by atoms with van der Waals surface area (Å²) in [5.74, 6) is -0.681. The highest BCUT2D eigenvalue weighted by Gasteiger charge is 2.33. The lowest BCUT2D eigenvalue weighted by Gasteiger charge is -2.11. The summed E-state index contributed by atoms with van der Waals surface area (Å²) in [5.41, 5.74) is -0.317. The van der Waals surface area contributed by atoms with E-state index in [1.807, 2.05) is 0 Å². The maximum atomic E-state index is 12.4. The van der Waals surface area contributed by atoms with Gasteiger partial charge in [0, 0.05) is 11.9 Å². The van der Waals surface area contributed by atoms with E-state index < -0.39 is 30.9 Å². The Kier molecular flexibility index (Phi) is 5.05. The highest BCUT2D eigenvalue weighted by Crippen LogP contribution is 2.27. The number of carbonyl (C=O) groups is 1. The highest BCUT2D eigenvalue weighted by atomic mass is 19.4. The Morgan fingerprint density at radius 1 is 1.33 bits per heavy atom. The molecule has 0 bridgehead atoms. The summed E-state index contributed by atoms with van der Waals surface area (Å²) in [6.07, 6.45) is -3.55. The number of rotatable bonds is 5. The fourth-order valence-electron chi connectivity index (χ4n) is 1.89. The molecule has 1 aromatic heterocycles. The number of benzene rings is 1. The summed E-state index contributed by atoms with van der Waals surface area (Å²) in [6, 6.07) is 4.66. The Labute approximate surface area is 133 Å². The third kappa shape index (κ3) is 4.67. The molecule has 10 heteroatoms. The van der Waals surface area contributed by atoms with Crippen LogP contribution in [0.3, 0.4) is 0 Å². The van der Waals surface area contributed by atoms with Crippen LogP contribution in [0.1, 0.15) is 11.3 Å². The summed E-state index contributed by atoms with van der Waals surface area (Å²) >= 11 is 0. The summed E-state index contributed by atoms with van der Waals surface area (Å²) in [7, 11) is 0. The van der Waals surface area contributed by atoms with Gasteiger partial charge in [-0.1, -0.05) is 0 Å². The van der Waals surface area contributed by atoms with Crippen LogP contribution in [-0.2, 0) is 17.5 Å². The van der Waals surface area contributed by atoms with Gasteiger partial charge in [-0.3, -0.25) is 9.48 Å². The van der Waals surface area contributed by atoms with E-state index in [1.165, 1.54) is 18.2 Å². The topological polar surface area (TPSA) is 56.1 Å². The van der Waals surface area contributed by atoms with E-state index in [9.17, 15) is 26.7 Å². The van der Waals surface area contributed by atoms with E-state index >= 15 is 0 Å². The molecular weight excluding hydrogens is 337 g/mol. The first kappa shape index (κ1) is 17.7. The Morgan fingerprint density at radius 3 is 2.58 bits per heavy atom. The van der Waals surface area contributed by atoms with Crippen molar-refractivity contribution in [2.24, 2.45) is 0 Å². The first-order valence-corrected chi connectivity index (χ1v) is 6.61. The van der Waals surface area contributed by atoms with Crippen molar-refractivity contribution in [1.29, 1.82) is 0 Å². The molecular formula is C14H12F5N3O2. The fourth-order valence-corrected chi connectivity index (χ4v) is 1.89. The molecule has 0 atom stereocenters. The van der Waals surface area contributed by atoms with E-state index in [4.69, 9.17) is 0 Å². The molecule has 0 fully saturated rings. The van der Waals surface area contributed by atoms with E-state index in [0.717, 1.165) is 16.9 Å². The molecule has 1 N–H and O–H groups in total. The van der Waals surface area contributed by atoms with E-state index in [0.29, 0.717) is 11.3 Å². The number of halogens is 5. The Bertz CT molecular complexity index is 727. The number of carbonyl (C=O) groups excluding carboxylic acids is 1. The van der Waals surface area contributed by atoms with Crippen molar-refractivity contribution < 1.29 is 31.5 Å². The molecule has 0 radical (unpaired) electrons. The minimum Gasteiger partial charge on any atom is -0.435 e. The summed E-state index contributed by atoms with van der Waals surface area (Å²) in [5, 5.41) is 5.72. The number of aryl methyl sites for hydroxylation is 1. The van der Waals surface area contributed by atoms with Crippen LogP contribution in [0.5, 0.6) is 5.75 Å². The number of nitrogens with one attached hydrogen (secondary N) is 1. The molecule has 2 aromatic rings. The van der Waals surface area contributed by atoms with Gasteiger partial charge in [0.05, 0.1) is 0 Å². The third-order valence-electron chi connectivity index (χ3n) is 2.93. The SMILES string of the molecule is Cc1cc(OC(F)F)ccc1NC(=O)Cn1ccc(C(F)(F)F)n1. The largest absolute Gasteiger partial charge is 0.435 e. The molecule has 0 saturated heterocycles.